The van der Waals surface area contributed by atoms with Crippen molar-refractivity contribution >= 4 is 27.7 Å². The van der Waals surface area contributed by atoms with Crippen LogP contribution in [-0.4, -0.2) is 29.7 Å². The van der Waals surface area contributed by atoms with Crippen LogP contribution in [0.15, 0.2) is 38.4 Å². The first kappa shape index (κ1) is 12.6. The predicted molar refractivity (Wildman–Crippen MR) is 70.0 cm³/mol. The van der Waals surface area contributed by atoms with E-state index in [1.165, 1.54) is 11.8 Å². The van der Waals surface area contributed by atoms with Gasteiger partial charge in [-0.15, -0.1) is 10.2 Å². The van der Waals surface area contributed by atoms with Gasteiger partial charge in [-0.25, -0.2) is 0 Å². The number of hydrogen-bond donors (Lipinski definition) is 0. The molecule has 0 spiro atoms. The van der Waals surface area contributed by atoms with Gasteiger partial charge >= 0.3 is 0 Å². The molecule has 1 aromatic heterocycles. The number of nitrogens with zero attached hydrogens (tertiary/aromatic N) is 2. The highest BCUT2D eigenvalue weighted by molar-refractivity contribution is 9.10. The molecule has 0 aliphatic rings. The summed E-state index contributed by atoms with van der Waals surface area (Å²) in [5.41, 5.74) is 0.908. The number of aromatic nitrogens is 2. The molecule has 0 radical (unpaired) electrons. The fourth-order valence-electron chi connectivity index (χ4n) is 1.22. The van der Waals surface area contributed by atoms with E-state index in [2.05, 4.69) is 26.1 Å². The maximum Gasteiger partial charge on any atom is 0.276 e. The number of hydrogen-bond acceptors (Lipinski definition) is 5. The van der Waals surface area contributed by atoms with Crippen molar-refractivity contribution in [3.63, 3.8) is 0 Å². The molecular weight excluding hydrogens is 304 g/mol. The average molecular weight is 315 g/mol. The Hall–Kier alpha value is -0.850. The van der Waals surface area contributed by atoms with Crippen molar-refractivity contribution in [2.45, 2.75) is 5.22 Å². The number of ether oxygens (including phenoxy) is 1. The lowest BCUT2D eigenvalue weighted by Crippen LogP contribution is -1.90. The van der Waals surface area contributed by atoms with Crippen LogP contribution in [-0.2, 0) is 4.74 Å². The fraction of sp³-hybridized carbons (Fsp3) is 0.273. The Morgan fingerprint density at radius 3 is 3.06 bits per heavy atom. The molecule has 17 heavy (non-hydrogen) atoms. The number of methoxy groups -OCH3 is 1. The summed E-state index contributed by atoms with van der Waals surface area (Å²) in [5, 5.41) is 8.54. The van der Waals surface area contributed by atoms with Crippen molar-refractivity contribution in [1.29, 1.82) is 0 Å². The second-order valence-electron chi connectivity index (χ2n) is 3.22. The standard InChI is InChI=1S/C11H11BrN2O2S/c1-15-5-6-17-11-14-13-10(16-11)8-3-2-4-9(12)7-8/h2-4,7H,5-6H2,1H3. The smallest absolute Gasteiger partial charge is 0.276 e. The summed E-state index contributed by atoms with van der Waals surface area (Å²) in [5.74, 6) is 1.34. The van der Waals surface area contributed by atoms with Crippen molar-refractivity contribution in [3.8, 4) is 11.5 Å². The van der Waals surface area contributed by atoms with E-state index in [9.17, 15) is 0 Å². The molecule has 1 aromatic carbocycles. The van der Waals surface area contributed by atoms with Gasteiger partial charge in [-0.1, -0.05) is 33.8 Å². The maximum absolute atomic E-state index is 5.54. The van der Waals surface area contributed by atoms with E-state index in [4.69, 9.17) is 9.15 Å². The molecular formula is C11H11BrN2O2S. The van der Waals surface area contributed by atoms with E-state index in [0.717, 1.165) is 15.8 Å². The Bertz CT molecular complexity index is 490. The van der Waals surface area contributed by atoms with Crippen LogP contribution in [0.2, 0.25) is 0 Å². The summed E-state index contributed by atoms with van der Waals surface area (Å²) >= 11 is 4.89. The summed E-state index contributed by atoms with van der Waals surface area (Å²) in [7, 11) is 1.67. The van der Waals surface area contributed by atoms with Crippen LogP contribution < -0.4 is 0 Å². The Labute approximate surface area is 112 Å². The summed E-state index contributed by atoms with van der Waals surface area (Å²) in [4.78, 5) is 0. The van der Waals surface area contributed by atoms with E-state index < -0.39 is 0 Å². The highest BCUT2D eigenvalue weighted by Gasteiger charge is 2.08. The summed E-state index contributed by atoms with van der Waals surface area (Å²) in [6, 6.07) is 7.76. The lowest BCUT2D eigenvalue weighted by molar-refractivity contribution is 0.218. The Morgan fingerprint density at radius 1 is 1.41 bits per heavy atom. The van der Waals surface area contributed by atoms with Crippen molar-refractivity contribution < 1.29 is 9.15 Å². The molecule has 0 aliphatic heterocycles. The number of benzene rings is 1. The monoisotopic (exact) mass is 314 g/mol. The summed E-state index contributed by atoms with van der Waals surface area (Å²) < 4.78 is 11.5. The normalized spacial score (nSPS) is 10.7. The number of halogens is 1. The summed E-state index contributed by atoms with van der Waals surface area (Å²) in [6.45, 7) is 0.666. The zero-order valence-electron chi connectivity index (χ0n) is 9.22. The predicted octanol–water partition coefficient (Wildman–Crippen LogP) is 3.24. The third-order valence-corrected chi connectivity index (χ3v) is 3.27. The van der Waals surface area contributed by atoms with Gasteiger partial charge in [0, 0.05) is 22.9 Å². The quantitative estimate of drug-likeness (QED) is 0.626. The summed E-state index contributed by atoms with van der Waals surface area (Å²) in [6.07, 6.45) is 0. The molecule has 0 saturated carbocycles. The highest BCUT2D eigenvalue weighted by Crippen LogP contribution is 2.24. The molecule has 0 fully saturated rings. The van der Waals surface area contributed by atoms with Gasteiger partial charge in [0.1, 0.15) is 0 Å². The number of rotatable bonds is 5. The molecule has 1 heterocycles. The second kappa shape index (κ2) is 6.18. The molecule has 0 saturated heterocycles. The van der Waals surface area contributed by atoms with E-state index >= 15 is 0 Å². The average Bonchev–Trinajstić information content (AvgIpc) is 2.78. The Kier molecular flexibility index (Phi) is 4.58. The van der Waals surface area contributed by atoms with Gasteiger partial charge in [-0.3, -0.25) is 0 Å². The molecule has 0 bridgehead atoms. The van der Waals surface area contributed by atoms with E-state index in [1.807, 2.05) is 24.3 Å². The first-order chi connectivity index (χ1) is 8.29. The molecule has 0 amide bonds. The van der Waals surface area contributed by atoms with Crippen molar-refractivity contribution in [3.05, 3.63) is 28.7 Å². The molecule has 2 aromatic rings. The molecule has 0 unspecified atom stereocenters. The van der Waals surface area contributed by atoms with Crippen LogP contribution in [0, 0.1) is 0 Å². The van der Waals surface area contributed by atoms with Crippen molar-refractivity contribution in [1.82, 2.24) is 10.2 Å². The topological polar surface area (TPSA) is 48.2 Å². The third-order valence-electron chi connectivity index (χ3n) is 1.99. The Morgan fingerprint density at radius 2 is 2.29 bits per heavy atom. The molecule has 4 nitrogen and oxygen atoms in total. The van der Waals surface area contributed by atoms with Gasteiger partial charge in [0.2, 0.25) is 5.89 Å². The minimum Gasteiger partial charge on any atom is -0.411 e. The zero-order valence-corrected chi connectivity index (χ0v) is 11.6. The molecule has 90 valence electrons. The molecule has 6 heteroatoms. The van der Waals surface area contributed by atoms with Crippen molar-refractivity contribution in [2.24, 2.45) is 0 Å². The van der Waals surface area contributed by atoms with E-state index in [-0.39, 0.29) is 0 Å². The van der Waals surface area contributed by atoms with Gasteiger partial charge < -0.3 is 9.15 Å². The van der Waals surface area contributed by atoms with Gasteiger partial charge in [0.25, 0.3) is 5.22 Å². The first-order valence-electron chi connectivity index (χ1n) is 5.01. The molecule has 0 atom stereocenters. The van der Waals surface area contributed by atoms with Crippen LogP contribution in [0.5, 0.6) is 0 Å². The van der Waals surface area contributed by atoms with Gasteiger partial charge in [0.05, 0.1) is 6.61 Å². The van der Waals surface area contributed by atoms with Crippen LogP contribution in [0.3, 0.4) is 0 Å². The van der Waals surface area contributed by atoms with Gasteiger partial charge in [0.15, 0.2) is 0 Å². The molecule has 0 N–H and O–H groups in total. The van der Waals surface area contributed by atoms with Crippen LogP contribution in [0.4, 0.5) is 0 Å². The molecule has 0 aliphatic carbocycles. The SMILES string of the molecule is COCCSc1nnc(-c2cccc(Br)c2)o1. The van der Waals surface area contributed by atoms with Gasteiger partial charge in [-0.05, 0) is 18.2 Å². The second-order valence-corrected chi connectivity index (χ2v) is 5.19. The lowest BCUT2D eigenvalue weighted by atomic mass is 10.2. The molecule has 2 rings (SSSR count). The van der Waals surface area contributed by atoms with Crippen LogP contribution in [0.25, 0.3) is 11.5 Å². The highest BCUT2D eigenvalue weighted by atomic mass is 79.9. The lowest BCUT2D eigenvalue weighted by Gasteiger charge is -1.95. The van der Waals surface area contributed by atoms with Crippen LogP contribution in [0.1, 0.15) is 0 Å². The van der Waals surface area contributed by atoms with E-state index in [0.29, 0.717) is 17.7 Å². The maximum atomic E-state index is 5.54. The Balaban J connectivity index is 2.07. The fourth-order valence-corrected chi connectivity index (χ4v) is 2.28. The minimum atomic E-state index is 0.534. The minimum absolute atomic E-state index is 0.534. The largest absolute Gasteiger partial charge is 0.411 e. The van der Waals surface area contributed by atoms with Crippen molar-refractivity contribution in [2.75, 3.05) is 19.5 Å². The van der Waals surface area contributed by atoms with E-state index in [1.54, 1.807) is 7.11 Å². The third kappa shape index (κ3) is 3.55. The first-order valence-corrected chi connectivity index (χ1v) is 6.78. The van der Waals surface area contributed by atoms with Crippen LogP contribution >= 0.6 is 27.7 Å². The number of thioether (sulfide) groups is 1. The zero-order chi connectivity index (χ0) is 12.1. The van der Waals surface area contributed by atoms with Gasteiger partial charge in [-0.2, -0.15) is 0 Å².